The number of hydrogen-bond acceptors (Lipinski definition) is 2. The fourth-order valence-electron chi connectivity index (χ4n) is 5.10. The third kappa shape index (κ3) is 5.09. The zero-order valence-electron chi connectivity index (χ0n) is 21.7. The third-order valence-electron chi connectivity index (χ3n) is 6.76. The molecule has 0 spiro atoms. The molecule has 2 aromatic carbocycles. The average Bonchev–Trinajstić information content (AvgIpc) is 3.31. The van der Waals surface area contributed by atoms with Gasteiger partial charge >= 0.3 is 12.4 Å². The molecule has 1 aromatic heterocycles. The van der Waals surface area contributed by atoms with Crippen molar-refractivity contribution in [1.82, 2.24) is 4.57 Å². The molecule has 39 heavy (non-hydrogen) atoms. The number of aryl methyl sites for hydroxylation is 2. The Morgan fingerprint density at radius 3 is 1.82 bits per heavy atom. The molecule has 210 valence electrons. The SMILES string of the molecule is CCN1/C(=C\C=C\c2n(CC)c3cc(C(F)(F)F)c(Cl)cc3[n+]2CC)N(CC)c2cc(C(F)(F)F)c(Cl)cc21. The number of halogens is 8. The third-order valence-corrected chi connectivity index (χ3v) is 7.39. The van der Waals surface area contributed by atoms with E-state index in [1.54, 1.807) is 27.7 Å². The van der Waals surface area contributed by atoms with Gasteiger partial charge in [0.1, 0.15) is 5.82 Å². The Bertz CT molecular complexity index is 1470. The molecule has 0 saturated carbocycles. The molecule has 0 N–H and O–H groups in total. The number of fused-ring (bicyclic) bond motifs is 2. The number of imidazole rings is 1. The lowest BCUT2D eigenvalue weighted by molar-refractivity contribution is -0.670. The summed E-state index contributed by atoms with van der Waals surface area (Å²) in [6.45, 7) is 9.22. The molecule has 0 radical (unpaired) electrons. The Morgan fingerprint density at radius 2 is 1.31 bits per heavy atom. The lowest BCUT2D eigenvalue weighted by atomic mass is 10.1. The summed E-state index contributed by atoms with van der Waals surface area (Å²) in [5.41, 5.74) is 0.132. The summed E-state index contributed by atoms with van der Waals surface area (Å²) in [6, 6.07) is 4.80. The highest BCUT2D eigenvalue weighted by Gasteiger charge is 2.38. The second kappa shape index (κ2) is 10.6. The van der Waals surface area contributed by atoms with Crippen LogP contribution in [0, 0.1) is 0 Å². The summed E-state index contributed by atoms with van der Waals surface area (Å²) in [5, 5.41) is -0.748. The monoisotopic (exact) mass is 591 g/mol. The predicted molar refractivity (Wildman–Crippen MR) is 143 cm³/mol. The van der Waals surface area contributed by atoms with Crippen LogP contribution in [-0.2, 0) is 25.4 Å². The molecule has 12 heteroatoms. The van der Waals surface area contributed by atoms with Crippen LogP contribution in [0.5, 0.6) is 0 Å². The van der Waals surface area contributed by atoms with Gasteiger partial charge in [-0.3, -0.25) is 0 Å². The van der Waals surface area contributed by atoms with Gasteiger partial charge in [-0.05, 0) is 45.9 Å². The van der Waals surface area contributed by atoms with Crippen molar-refractivity contribution >= 4 is 51.7 Å². The first-order chi connectivity index (χ1) is 18.3. The second-order valence-corrected chi connectivity index (χ2v) is 9.67. The van der Waals surface area contributed by atoms with Gasteiger partial charge in [-0.1, -0.05) is 29.3 Å². The van der Waals surface area contributed by atoms with E-state index in [0.717, 1.165) is 12.1 Å². The summed E-state index contributed by atoms with van der Waals surface area (Å²) in [4.78, 5) is 3.64. The van der Waals surface area contributed by atoms with E-state index in [-0.39, 0.29) is 10.0 Å². The average molecular weight is 592 g/mol. The number of hydrogen-bond donors (Lipinski definition) is 0. The summed E-state index contributed by atoms with van der Waals surface area (Å²) < 4.78 is 84.9. The number of aromatic nitrogens is 2. The molecule has 4 nitrogen and oxygen atoms in total. The summed E-state index contributed by atoms with van der Waals surface area (Å²) in [6.07, 6.45) is -3.88. The van der Waals surface area contributed by atoms with Crippen molar-refractivity contribution in [2.75, 3.05) is 22.9 Å². The van der Waals surface area contributed by atoms with Crippen LogP contribution >= 0.6 is 23.2 Å². The van der Waals surface area contributed by atoms with E-state index in [1.165, 1.54) is 12.1 Å². The molecule has 0 bridgehead atoms. The molecular formula is C27H27Cl2F6N4+. The van der Waals surface area contributed by atoms with Crippen LogP contribution in [0.1, 0.15) is 44.6 Å². The zero-order valence-corrected chi connectivity index (χ0v) is 23.2. The standard InChI is InChI=1S/C27H27Cl2F6N4/c1-5-36-20-12-16(26(30,31)32)18(28)14-22(20)38(7-3)24(36)10-9-11-25-37(6-2)21-13-17(27(33,34)35)19(29)15-23(21)39(25)8-4/h9-15H,5-8H2,1-4H3/q+1. The lowest BCUT2D eigenvalue weighted by Crippen LogP contribution is -2.35. The molecule has 0 saturated heterocycles. The van der Waals surface area contributed by atoms with Crippen LogP contribution in [0.2, 0.25) is 10.0 Å². The normalized spacial score (nSPS) is 15.4. The molecule has 0 unspecified atom stereocenters. The van der Waals surface area contributed by atoms with Crippen molar-refractivity contribution in [2.24, 2.45) is 0 Å². The van der Waals surface area contributed by atoms with Crippen LogP contribution < -0.4 is 14.4 Å². The molecule has 0 atom stereocenters. The number of allylic oxidation sites excluding steroid dienone is 2. The predicted octanol–water partition coefficient (Wildman–Crippen LogP) is 8.53. The Balaban J connectivity index is 1.83. The number of anilines is 2. The quantitative estimate of drug-likeness (QED) is 0.211. The van der Waals surface area contributed by atoms with Crippen LogP contribution in [0.25, 0.3) is 17.1 Å². The van der Waals surface area contributed by atoms with Gasteiger partial charge in [0.05, 0.1) is 45.6 Å². The Morgan fingerprint density at radius 1 is 0.769 bits per heavy atom. The fourth-order valence-corrected chi connectivity index (χ4v) is 5.63. The van der Waals surface area contributed by atoms with E-state index in [9.17, 15) is 26.3 Å². The molecule has 2 heterocycles. The number of nitrogens with zero attached hydrogens (tertiary/aromatic N) is 4. The minimum atomic E-state index is -4.59. The number of benzene rings is 2. The van der Waals surface area contributed by atoms with Crippen LogP contribution in [0.15, 0.2) is 42.2 Å². The van der Waals surface area contributed by atoms with Crippen molar-refractivity contribution < 1.29 is 30.9 Å². The molecule has 0 amide bonds. The highest BCUT2D eigenvalue weighted by Crippen LogP contribution is 2.47. The molecule has 1 aliphatic rings. The Kier molecular flexibility index (Phi) is 7.93. The van der Waals surface area contributed by atoms with E-state index in [0.29, 0.717) is 60.2 Å². The van der Waals surface area contributed by atoms with Gasteiger partial charge in [-0.2, -0.15) is 26.3 Å². The molecular weight excluding hydrogens is 565 g/mol. The van der Waals surface area contributed by atoms with E-state index < -0.39 is 23.5 Å². The largest absolute Gasteiger partial charge is 0.418 e. The molecule has 1 aliphatic heterocycles. The first-order valence-corrected chi connectivity index (χ1v) is 13.2. The topological polar surface area (TPSA) is 15.3 Å². The molecule has 3 aromatic rings. The highest BCUT2D eigenvalue weighted by molar-refractivity contribution is 6.32. The summed E-state index contributed by atoms with van der Waals surface area (Å²) in [7, 11) is 0. The van der Waals surface area contributed by atoms with E-state index >= 15 is 0 Å². The molecule has 4 rings (SSSR count). The van der Waals surface area contributed by atoms with Crippen LogP contribution in [-0.4, -0.2) is 17.7 Å². The molecule has 0 aliphatic carbocycles. The summed E-state index contributed by atoms with van der Waals surface area (Å²) in [5.74, 6) is 1.32. The maximum atomic E-state index is 13.5. The Hall–Kier alpha value is -2.85. The van der Waals surface area contributed by atoms with Gasteiger partial charge in [-0.15, -0.1) is 0 Å². The number of alkyl halides is 6. The second-order valence-electron chi connectivity index (χ2n) is 8.86. The van der Waals surface area contributed by atoms with Crippen LogP contribution in [0.4, 0.5) is 37.7 Å². The van der Waals surface area contributed by atoms with Crippen molar-refractivity contribution in [2.45, 2.75) is 53.1 Å². The van der Waals surface area contributed by atoms with Crippen molar-refractivity contribution in [3.8, 4) is 0 Å². The van der Waals surface area contributed by atoms with Crippen LogP contribution in [0.3, 0.4) is 0 Å². The first kappa shape index (κ1) is 29.1. The van der Waals surface area contributed by atoms with E-state index in [1.807, 2.05) is 37.2 Å². The fraction of sp³-hybridized carbons (Fsp3) is 0.370. The Labute approximate surface area is 232 Å². The van der Waals surface area contributed by atoms with Gasteiger partial charge in [0.2, 0.25) is 0 Å². The van der Waals surface area contributed by atoms with E-state index in [2.05, 4.69) is 0 Å². The maximum Gasteiger partial charge on any atom is 0.418 e. The maximum absolute atomic E-state index is 13.5. The minimum Gasteiger partial charge on any atom is -0.326 e. The van der Waals surface area contributed by atoms with Crippen molar-refractivity contribution in [1.29, 1.82) is 0 Å². The van der Waals surface area contributed by atoms with Gasteiger partial charge < -0.3 is 9.80 Å². The smallest absolute Gasteiger partial charge is 0.326 e. The molecule has 0 fully saturated rings. The first-order valence-electron chi connectivity index (χ1n) is 12.4. The lowest BCUT2D eigenvalue weighted by Gasteiger charge is -2.23. The highest BCUT2D eigenvalue weighted by atomic mass is 35.5. The van der Waals surface area contributed by atoms with Gasteiger partial charge in [-0.25, -0.2) is 9.13 Å². The van der Waals surface area contributed by atoms with Gasteiger partial charge in [0, 0.05) is 31.3 Å². The summed E-state index contributed by atoms with van der Waals surface area (Å²) >= 11 is 12.0. The van der Waals surface area contributed by atoms with Gasteiger partial charge in [0.15, 0.2) is 11.0 Å². The van der Waals surface area contributed by atoms with Crippen molar-refractivity contribution in [3.63, 3.8) is 0 Å². The minimum absolute atomic E-state index is 0.374. The number of rotatable bonds is 6. The van der Waals surface area contributed by atoms with E-state index in [4.69, 9.17) is 23.2 Å². The van der Waals surface area contributed by atoms with Crippen molar-refractivity contribution in [3.05, 3.63) is 69.2 Å². The zero-order chi connectivity index (χ0) is 28.9. The van der Waals surface area contributed by atoms with Gasteiger partial charge in [0.25, 0.3) is 5.82 Å².